The molecule has 0 spiro atoms. The van der Waals surface area contributed by atoms with E-state index in [1.54, 1.807) is 12.3 Å². The van der Waals surface area contributed by atoms with Gasteiger partial charge in [-0.15, -0.1) is 0 Å². The van der Waals surface area contributed by atoms with Crippen LogP contribution in [0.25, 0.3) is 11.0 Å². The summed E-state index contributed by atoms with van der Waals surface area (Å²) < 4.78 is 0. The summed E-state index contributed by atoms with van der Waals surface area (Å²) in [6, 6.07) is 3.12. The Morgan fingerprint density at radius 1 is 1.33 bits per heavy atom. The number of nitrogens with zero attached hydrogens (tertiary/aromatic N) is 1. The van der Waals surface area contributed by atoms with Gasteiger partial charge in [0, 0.05) is 17.6 Å². The number of rotatable bonds is 0. The Morgan fingerprint density at radius 3 is 2.67 bits per heavy atom. The predicted molar refractivity (Wildman–Crippen MR) is 63.5 cm³/mol. The van der Waals surface area contributed by atoms with E-state index in [4.69, 9.17) is 11.6 Å². The fourth-order valence-corrected chi connectivity index (χ4v) is 1.37. The number of aromatic nitrogens is 2. The molecule has 4 heteroatoms. The normalized spacial score (nSPS) is 9.60. The van der Waals surface area contributed by atoms with Gasteiger partial charge in [-0.05, 0) is 18.6 Å². The van der Waals surface area contributed by atoms with Crippen LogP contribution < -0.4 is 5.56 Å². The van der Waals surface area contributed by atoms with E-state index in [0.29, 0.717) is 10.7 Å². The van der Waals surface area contributed by atoms with E-state index in [0.717, 1.165) is 10.9 Å². The van der Waals surface area contributed by atoms with Crippen molar-refractivity contribution in [2.75, 3.05) is 0 Å². The first-order chi connectivity index (χ1) is 7.18. The second kappa shape index (κ2) is 4.94. The summed E-state index contributed by atoms with van der Waals surface area (Å²) in [6.45, 7) is 5.87. The summed E-state index contributed by atoms with van der Waals surface area (Å²) in [6.07, 6.45) is 1.64. The number of aromatic amines is 1. The molecule has 3 nitrogen and oxygen atoms in total. The highest BCUT2D eigenvalue weighted by Crippen LogP contribution is 2.22. The number of halogens is 1. The summed E-state index contributed by atoms with van der Waals surface area (Å²) in [5.74, 6) is 0. The summed E-state index contributed by atoms with van der Waals surface area (Å²) >= 11 is 6.02. The van der Waals surface area contributed by atoms with Crippen LogP contribution in [0.15, 0.2) is 23.1 Å². The lowest BCUT2D eigenvalue weighted by atomic mass is 10.2. The molecule has 15 heavy (non-hydrogen) atoms. The van der Waals surface area contributed by atoms with Crippen molar-refractivity contribution in [2.45, 2.75) is 20.8 Å². The van der Waals surface area contributed by atoms with Crippen LogP contribution in [0.3, 0.4) is 0 Å². The van der Waals surface area contributed by atoms with Crippen LogP contribution in [0.5, 0.6) is 0 Å². The molecule has 0 fully saturated rings. The quantitative estimate of drug-likeness (QED) is 0.748. The van der Waals surface area contributed by atoms with E-state index < -0.39 is 0 Å². The van der Waals surface area contributed by atoms with Crippen molar-refractivity contribution in [2.24, 2.45) is 0 Å². The zero-order valence-electron chi connectivity index (χ0n) is 8.97. The zero-order valence-corrected chi connectivity index (χ0v) is 9.72. The van der Waals surface area contributed by atoms with Gasteiger partial charge < -0.3 is 4.98 Å². The second-order valence-electron chi connectivity index (χ2n) is 2.84. The molecule has 0 aliphatic heterocycles. The minimum atomic E-state index is -0.167. The van der Waals surface area contributed by atoms with Crippen LogP contribution in [0.2, 0.25) is 5.02 Å². The third kappa shape index (κ3) is 2.36. The molecule has 2 aromatic rings. The Hall–Kier alpha value is -1.35. The minimum Gasteiger partial charge on any atom is -0.307 e. The predicted octanol–water partition coefficient (Wildman–Crippen LogP) is 2.91. The van der Waals surface area contributed by atoms with E-state index in [2.05, 4.69) is 9.97 Å². The molecule has 0 bridgehead atoms. The molecule has 2 aromatic heterocycles. The van der Waals surface area contributed by atoms with Gasteiger partial charge in [-0.1, -0.05) is 25.4 Å². The van der Waals surface area contributed by atoms with Crippen LogP contribution in [-0.4, -0.2) is 9.97 Å². The highest BCUT2D eigenvalue weighted by molar-refractivity contribution is 6.35. The number of hydrogen-bond donors (Lipinski definition) is 1. The van der Waals surface area contributed by atoms with Crippen LogP contribution in [0.4, 0.5) is 0 Å². The van der Waals surface area contributed by atoms with Crippen molar-refractivity contribution in [3.63, 3.8) is 0 Å². The fourth-order valence-electron chi connectivity index (χ4n) is 1.17. The largest absolute Gasteiger partial charge is 0.307 e. The van der Waals surface area contributed by atoms with E-state index in [9.17, 15) is 4.79 Å². The summed E-state index contributed by atoms with van der Waals surface area (Å²) in [5, 5.41) is 1.42. The van der Waals surface area contributed by atoms with Gasteiger partial charge in [0.25, 0.3) is 0 Å². The van der Waals surface area contributed by atoms with Crippen molar-refractivity contribution >= 4 is 22.6 Å². The van der Waals surface area contributed by atoms with Crippen LogP contribution in [0.1, 0.15) is 19.4 Å². The average Bonchev–Trinajstić information content (AvgIpc) is 2.26. The number of H-pyrrole nitrogens is 1. The van der Waals surface area contributed by atoms with Gasteiger partial charge >= 0.3 is 0 Å². The molecule has 0 atom stereocenters. The van der Waals surface area contributed by atoms with Gasteiger partial charge in [-0.2, -0.15) is 0 Å². The van der Waals surface area contributed by atoms with Crippen molar-refractivity contribution in [3.05, 3.63) is 39.3 Å². The maximum absolute atomic E-state index is 10.9. The molecule has 0 aromatic carbocycles. The third-order valence-corrected chi connectivity index (χ3v) is 2.37. The summed E-state index contributed by atoms with van der Waals surface area (Å²) in [5.41, 5.74) is 1.27. The number of hydrogen-bond acceptors (Lipinski definition) is 2. The molecular formula is C11H13ClN2O. The molecule has 1 N–H and O–H groups in total. The lowest BCUT2D eigenvalue weighted by Gasteiger charge is -2.00. The summed E-state index contributed by atoms with van der Waals surface area (Å²) in [4.78, 5) is 17.6. The number of nitrogens with one attached hydrogen (secondary N) is 1. The third-order valence-electron chi connectivity index (χ3n) is 1.87. The molecule has 0 aliphatic carbocycles. The Balaban J connectivity index is 0.000000531. The van der Waals surface area contributed by atoms with Crippen LogP contribution in [0, 0.1) is 6.92 Å². The first-order valence-electron chi connectivity index (χ1n) is 4.82. The van der Waals surface area contributed by atoms with Gasteiger partial charge in [0.05, 0.1) is 5.02 Å². The van der Waals surface area contributed by atoms with Gasteiger partial charge in [0.15, 0.2) is 0 Å². The first kappa shape index (κ1) is 11.7. The Morgan fingerprint density at radius 2 is 2.00 bits per heavy atom. The van der Waals surface area contributed by atoms with E-state index in [1.165, 1.54) is 6.07 Å². The monoisotopic (exact) mass is 224 g/mol. The SMILES string of the molecule is CC.Cc1cnc2[nH]c(=O)ccc2c1Cl. The van der Waals surface area contributed by atoms with E-state index in [-0.39, 0.29) is 5.56 Å². The molecule has 80 valence electrons. The van der Waals surface area contributed by atoms with Crippen LogP contribution >= 0.6 is 11.6 Å². The minimum absolute atomic E-state index is 0.167. The molecule has 0 radical (unpaired) electrons. The molecule has 0 amide bonds. The van der Waals surface area contributed by atoms with Crippen molar-refractivity contribution < 1.29 is 0 Å². The van der Waals surface area contributed by atoms with Gasteiger partial charge in [-0.3, -0.25) is 4.79 Å². The fraction of sp³-hybridized carbons (Fsp3) is 0.273. The molecule has 0 unspecified atom stereocenters. The molecule has 2 rings (SSSR count). The number of aryl methyl sites for hydroxylation is 1. The molecule has 2 heterocycles. The van der Waals surface area contributed by atoms with Gasteiger partial charge in [0.1, 0.15) is 5.65 Å². The molecular weight excluding hydrogens is 212 g/mol. The Kier molecular flexibility index (Phi) is 3.86. The highest BCUT2D eigenvalue weighted by Gasteiger charge is 2.02. The second-order valence-corrected chi connectivity index (χ2v) is 3.22. The Bertz CT molecular complexity index is 519. The van der Waals surface area contributed by atoms with Gasteiger partial charge in [-0.25, -0.2) is 4.98 Å². The maximum Gasteiger partial charge on any atom is 0.249 e. The smallest absolute Gasteiger partial charge is 0.249 e. The maximum atomic E-state index is 10.9. The van der Waals surface area contributed by atoms with Crippen molar-refractivity contribution in [1.82, 2.24) is 9.97 Å². The molecule has 0 aliphatic rings. The molecule has 0 saturated carbocycles. The van der Waals surface area contributed by atoms with Crippen LogP contribution in [-0.2, 0) is 0 Å². The highest BCUT2D eigenvalue weighted by atomic mass is 35.5. The average molecular weight is 225 g/mol. The first-order valence-corrected chi connectivity index (χ1v) is 5.20. The lowest BCUT2D eigenvalue weighted by molar-refractivity contribution is 1.21. The lowest BCUT2D eigenvalue weighted by Crippen LogP contribution is -2.03. The van der Waals surface area contributed by atoms with E-state index >= 15 is 0 Å². The number of fused-ring (bicyclic) bond motifs is 1. The summed E-state index contributed by atoms with van der Waals surface area (Å²) in [7, 11) is 0. The topological polar surface area (TPSA) is 45.8 Å². The van der Waals surface area contributed by atoms with Crippen molar-refractivity contribution in [1.29, 1.82) is 0 Å². The number of pyridine rings is 2. The standard InChI is InChI=1S/C9H7ClN2O.C2H6/c1-5-4-11-9-6(8(5)10)2-3-7(13)12-9;1-2/h2-4H,1H3,(H,11,12,13);1-2H3. The van der Waals surface area contributed by atoms with Gasteiger partial charge in [0.2, 0.25) is 5.56 Å². The molecule has 0 saturated heterocycles. The van der Waals surface area contributed by atoms with E-state index in [1.807, 2.05) is 20.8 Å². The zero-order chi connectivity index (χ0) is 11.4. The Labute approximate surface area is 93.1 Å². The van der Waals surface area contributed by atoms with Crippen molar-refractivity contribution in [3.8, 4) is 0 Å².